The minimum atomic E-state index is -0.228. The number of hydrogen-bond donors (Lipinski definition) is 1. The van der Waals surface area contributed by atoms with Crippen molar-refractivity contribution in [1.82, 2.24) is 4.98 Å². The van der Waals surface area contributed by atoms with Gasteiger partial charge in [-0.25, -0.2) is 4.98 Å². The van der Waals surface area contributed by atoms with Gasteiger partial charge in [-0.3, -0.25) is 0 Å². The van der Waals surface area contributed by atoms with Crippen LogP contribution < -0.4 is 10.5 Å². The van der Waals surface area contributed by atoms with Crippen molar-refractivity contribution < 1.29 is 14.2 Å². The lowest BCUT2D eigenvalue weighted by Crippen LogP contribution is -2.36. The van der Waals surface area contributed by atoms with Crippen molar-refractivity contribution in [2.24, 2.45) is 5.41 Å². The molecule has 1 saturated heterocycles. The first-order valence-corrected chi connectivity index (χ1v) is 7.72. The van der Waals surface area contributed by atoms with Crippen LogP contribution in [0.3, 0.4) is 0 Å². The van der Waals surface area contributed by atoms with E-state index in [0.29, 0.717) is 25.7 Å². The SMILES string of the molecule is CC(C)(COc1ccc(-c2ccc(N)cc2)cn1)C1OCCO1. The third kappa shape index (κ3) is 3.81. The molecule has 1 aliphatic rings. The zero-order valence-electron chi connectivity index (χ0n) is 13.5. The molecule has 23 heavy (non-hydrogen) atoms. The number of nitrogen functional groups attached to an aromatic ring is 1. The van der Waals surface area contributed by atoms with E-state index in [0.717, 1.165) is 16.8 Å². The highest BCUT2D eigenvalue weighted by Crippen LogP contribution is 2.28. The van der Waals surface area contributed by atoms with Crippen LogP contribution in [-0.4, -0.2) is 31.1 Å². The topological polar surface area (TPSA) is 66.6 Å². The van der Waals surface area contributed by atoms with E-state index in [2.05, 4.69) is 18.8 Å². The molecule has 122 valence electrons. The van der Waals surface area contributed by atoms with E-state index in [1.165, 1.54) is 0 Å². The average Bonchev–Trinajstić information content (AvgIpc) is 3.10. The Bertz CT molecular complexity index is 632. The van der Waals surface area contributed by atoms with Gasteiger partial charge in [0.05, 0.1) is 19.8 Å². The average molecular weight is 314 g/mol. The quantitative estimate of drug-likeness (QED) is 0.859. The Morgan fingerprint density at radius 1 is 1.09 bits per heavy atom. The largest absolute Gasteiger partial charge is 0.477 e. The van der Waals surface area contributed by atoms with E-state index in [1.807, 2.05) is 36.4 Å². The van der Waals surface area contributed by atoms with Crippen LogP contribution in [0.5, 0.6) is 5.88 Å². The van der Waals surface area contributed by atoms with Gasteiger partial charge in [0.1, 0.15) is 0 Å². The summed E-state index contributed by atoms with van der Waals surface area (Å²) >= 11 is 0. The molecule has 2 heterocycles. The Balaban J connectivity index is 1.62. The summed E-state index contributed by atoms with van der Waals surface area (Å²) in [5, 5.41) is 0. The first kappa shape index (κ1) is 15.8. The lowest BCUT2D eigenvalue weighted by atomic mass is 9.94. The van der Waals surface area contributed by atoms with E-state index >= 15 is 0 Å². The van der Waals surface area contributed by atoms with E-state index < -0.39 is 0 Å². The number of hydrogen-bond acceptors (Lipinski definition) is 5. The van der Waals surface area contributed by atoms with Crippen molar-refractivity contribution in [3.63, 3.8) is 0 Å². The molecule has 0 atom stereocenters. The van der Waals surface area contributed by atoms with Gasteiger partial charge in [-0.05, 0) is 23.8 Å². The van der Waals surface area contributed by atoms with Gasteiger partial charge in [-0.15, -0.1) is 0 Å². The van der Waals surface area contributed by atoms with E-state index in [1.54, 1.807) is 6.20 Å². The van der Waals surface area contributed by atoms with Crippen LogP contribution in [0, 0.1) is 5.41 Å². The van der Waals surface area contributed by atoms with Gasteiger partial charge in [-0.1, -0.05) is 26.0 Å². The molecule has 1 aliphatic heterocycles. The van der Waals surface area contributed by atoms with Crippen LogP contribution in [0.4, 0.5) is 5.69 Å². The fraction of sp³-hybridized carbons (Fsp3) is 0.389. The smallest absolute Gasteiger partial charge is 0.213 e. The van der Waals surface area contributed by atoms with E-state index in [9.17, 15) is 0 Å². The highest BCUT2D eigenvalue weighted by atomic mass is 16.7. The van der Waals surface area contributed by atoms with Gasteiger partial charge in [0.25, 0.3) is 0 Å². The zero-order valence-corrected chi connectivity index (χ0v) is 13.5. The monoisotopic (exact) mass is 314 g/mol. The molecule has 0 aliphatic carbocycles. The lowest BCUT2D eigenvalue weighted by Gasteiger charge is -2.29. The molecule has 1 aromatic carbocycles. The fourth-order valence-electron chi connectivity index (χ4n) is 2.45. The minimum absolute atomic E-state index is 0.225. The molecule has 5 nitrogen and oxygen atoms in total. The third-order valence-electron chi connectivity index (χ3n) is 3.83. The van der Waals surface area contributed by atoms with Crippen LogP contribution in [-0.2, 0) is 9.47 Å². The summed E-state index contributed by atoms with van der Waals surface area (Å²) in [6.07, 6.45) is 1.58. The summed E-state index contributed by atoms with van der Waals surface area (Å²) in [6, 6.07) is 11.6. The molecule has 0 spiro atoms. The van der Waals surface area contributed by atoms with Gasteiger partial charge in [0.2, 0.25) is 5.88 Å². The molecule has 0 radical (unpaired) electrons. The Kier molecular flexibility index (Phi) is 4.50. The molecule has 0 amide bonds. The Morgan fingerprint density at radius 3 is 2.35 bits per heavy atom. The number of aromatic nitrogens is 1. The molecule has 0 bridgehead atoms. The molecule has 1 fully saturated rings. The van der Waals surface area contributed by atoms with Crippen LogP contribution in [0.2, 0.25) is 0 Å². The lowest BCUT2D eigenvalue weighted by molar-refractivity contribution is -0.131. The summed E-state index contributed by atoms with van der Waals surface area (Å²) in [4.78, 5) is 4.37. The van der Waals surface area contributed by atoms with Crippen molar-refractivity contribution in [3.05, 3.63) is 42.6 Å². The molecule has 5 heteroatoms. The van der Waals surface area contributed by atoms with Gasteiger partial charge in [-0.2, -0.15) is 0 Å². The molecular weight excluding hydrogens is 292 g/mol. The second-order valence-electron chi connectivity index (χ2n) is 6.36. The van der Waals surface area contributed by atoms with Crippen LogP contribution in [0.1, 0.15) is 13.8 Å². The number of pyridine rings is 1. The molecule has 2 aromatic rings. The standard InChI is InChI=1S/C18H22N2O3/c1-18(2,17-21-9-10-22-17)12-23-16-8-5-14(11-20-16)13-3-6-15(19)7-4-13/h3-8,11,17H,9-10,12,19H2,1-2H3. The van der Waals surface area contributed by atoms with Crippen LogP contribution >= 0.6 is 0 Å². The highest BCUT2D eigenvalue weighted by molar-refractivity contribution is 5.64. The number of nitrogens with two attached hydrogens (primary N) is 1. The summed E-state index contributed by atoms with van der Waals surface area (Å²) in [7, 11) is 0. The Labute approximate surface area is 136 Å². The molecule has 3 rings (SSSR count). The second-order valence-corrected chi connectivity index (χ2v) is 6.36. The zero-order chi connectivity index (χ0) is 16.3. The third-order valence-corrected chi connectivity index (χ3v) is 3.83. The van der Waals surface area contributed by atoms with Crippen molar-refractivity contribution in [3.8, 4) is 17.0 Å². The molecule has 1 aromatic heterocycles. The molecule has 2 N–H and O–H groups in total. The summed E-state index contributed by atoms with van der Waals surface area (Å²) < 4.78 is 16.9. The van der Waals surface area contributed by atoms with E-state index in [-0.39, 0.29) is 11.7 Å². The van der Waals surface area contributed by atoms with Crippen molar-refractivity contribution in [2.45, 2.75) is 20.1 Å². The Morgan fingerprint density at radius 2 is 1.74 bits per heavy atom. The van der Waals surface area contributed by atoms with Crippen molar-refractivity contribution in [2.75, 3.05) is 25.6 Å². The van der Waals surface area contributed by atoms with Crippen LogP contribution in [0.25, 0.3) is 11.1 Å². The van der Waals surface area contributed by atoms with Crippen molar-refractivity contribution >= 4 is 5.69 Å². The summed E-state index contributed by atoms with van der Waals surface area (Å²) in [5.41, 5.74) is 8.33. The number of ether oxygens (including phenoxy) is 3. The maximum Gasteiger partial charge on any atom is 0.213 e. The summed E-state index contributed by atoms with van der Waals surface area (Å²) in [5.74, 6) is 0.593. The number of anilines is 1. The number of nitrogens with zero attached hydrogens (tertiary/aromatic N) is 1. The molecular formula is C18H22N2O3. The first-order chi connectivity index (χ1) is 11.0. The first-order valence-electron chi connectivity index (χ1n) is 7.72. The van der Waals surface area contributed by atoms with E-state index in [4.69, 9.17) is 19.9 Å². The molecule has 0 unspecified atom stereocenters. The molecule has 0 saturated carbocycles. The van der Waals surface area contributed by atoms with Gasteiger partial charge in [0, 0.05) is 28.9 Å². The predicted molar refractivity (Wildman–Crippen MR) is 89.1 cm³/mol. The van der Waals surface area contributed by atoms with Gasteiger partial charge in [0.15, 0.2) is 6.29 Å². The predicted octanol–water partition coefficient (Wildman–Crippen LogP) is 3.11. The fourth-order valence-corrected chi connectivity index (χ4v) is 2.45. The van der Waals surface area contributed by atoms with Gasteiger partial charge < -0.3 is 19.9 Å². The van der Waals surface area contributed by atoms with Gasteiger partial charge >= 0.3 is 0 Å². The van der Waals surface area contributed by atoms with Crippen LogP contribution in [0.15, 0.2) is 42.6 Å². The Hall–Kier alpha value is -2.11. The summed E-state index contributed by atoms with van der Waals surface area (Å²) in [6.45, 7) is 5.88. The normalized spacial score (nSPS) is 15.7. The highest BCUT2D eigenvalue weighted by Gasteiger charge is 2.35. The minimum Gasteiger partial charge on any atom is -0.477 e. The number of rotatable bonds is 5. The van der Waals surface area contributed by atoms with Crippen molar-refractivity contribution in [1.29, 1.82) is 0 Å². The maximum absolute atomic E-state index is 5.80. The maximum atomic E-state index is 5.80. The number of benzene rings is 1. The second kappa shape index (κ2) is 6.56.